The minimum absolute atomic E-state index is 0.0299. The molecule has 1 saturated carbocycles. The molecule has 0 radical (unpaired) electrons. The summed E-state index contributed by atoms with van der Waals surface area (Å²) in [4.78, 5) is 20.3. The molecule has 6 atom stereocenters. The second-order valence-corrected chi connectivity index (χ2v) is 17.0. The van der Waals surface area contributed by atoms with E-state index in [9.17, 15) is 23.4 Å². The number of amides is 1. The fourth-order valence-electron chi connectivity index (χ4n) is 8.36. The number of fused-ring (bicyclic) bond motifs is 4. The van der Waals surface area contributed by atoms with Crippen molar-refractivity contribution >= 4 is 33.2 Å². The number of aliphatic hydroxyl groups excluding tert-OH is 1. The number of carbonyl (C=O) groups is 1. The molecular formula is C36H44ClN5O6S. The number of aliphatic hydroxyl groups is 2. The molecule has 3 heterocycles. The molecule has 7 rings (SSSR count). The van der Waals surface area contributed by atoms with E-state index in [4.69, 9.17) is 16.3 Å². The second-order valence-electron chi connectivity index (χ2n) is 14.5. The summed E-state index contributed by atoms with van der Waals surface area (Å²) < 4.78 is 37.3. The van der Waals surface area contributed by atoms with Gasteiger partial charge in [-0.2, -0.15) is 5.10 Å². The van der Waals surface area contributed by atoms with Gasteiger partial charge in [-0.05, 0) is 105 Å². The molecule has 1 spiro atoms. The van der Waals surface area contributed by atoms with Crippen molar-refractivity contribution in [3.8, 4) is 5.75 Å². The lowest BCUT2D eigenvalue weighted by Crippen LogP contribution is -2.52. The summed E-state index contributed by atoms with van der Waals surface area (Å²) in [5, 5.41) is 26.6. The number of carbonyl (C=O) groups excluding carboxylic acids is 1. The predicted octanol–water partition coefficient (Wildman–Crippen LogP) is 4.39. The van der Waals surface area contributed by atoms with Gasteiger partial charge in [0, 0.05) is 42.1 Å². The average Bonchev–Trinajstić information content (AvgIpc) is 3.38. The van der Waals surface area contributed by atoms with Crippen molar-refractivity contribution in [3.63, 3.8) is 0 Å². The fraction of sp³-hybridized carbons (Fsp3) is 0.528. The van der Waals surface area contributed by atoms with Gasteiger partial charge in [0.1, 0.15) is 18.0 Å². The standard InChI is InChI=1S/C36H44ClN5O6S/c1-22-6-4-15-36(45,34-38-32(19-43)39-41(34)3)29-11-8-26(29)18-42-20-35(14-5-7-24-16-27(37)10-12-28(24)35)21-48-31-13-9-25(17-30(31)42)33(44)40-49(46,47)23(22)2/h4,9-10,12-13,15-17,22-23,26,29,43,45H,5-8,11,14,18-21H2,1-3H3,(H,40,44)/b15-4-/t22-,23+,26-,29+,35-,36+/m0/s1. The minimum atomic E-state index is -4.04. The van der Waals surface area contributed by atoms with Gasteiger partial charge >= 0.3 is 0 Å². The number of aromatic nitrogens is 3. The molecule has 2 aliphatic carbocycles. The van der Waals surface area contributed by atoms with Crippen LogP contribution in [0.25, 0.3) is 0 Å². The van der Waals surface area contributed by atoms with Gasteiger partial charge in [0.05, 0.1) is 17.5 Å². The van der Waals surface area contributed by atoms with Crippen molar-refractivity contribution in [3.05, 3.63) is 81.9 Å². The van der Waals surface area contributed by atoms with Crippen LogP contribution in [0.2, 0.25) is 5.02 Å². The lowest BCUT2D eigenvalue weighted by atomic mass is 9.63. The molecule has 2 aliphatic heterocycles. The molecule has 1 fully saturated rings. The van der Waals surface area contributed by atoms with E-state index in [1.165, 1.54) is 15.8 Å². The highest BCUT2D eigenvalue weighted by Crippen LogP contribution is 2.50. The lowest BCUT2D eigenvalue weighted by Gasteiger charge is -2.48. The van der Waals surface area contributed by atoms with Gasteiger partial charge in [-0.25, -0.2) is 22.8 Å². The van der Waals surface area contributed by atoms with Crippen LogP contribution in [0.5, 0.6) is 5.75 Å². The molecule has 49 heavy (non-hydrogen) atoms. The molecular weight excluding hydrogens is 666 g/mol. The average molecular weight is 710 g/mol. The molecule has 1 aromatic heterocycles. The topological polar surface area (TPSA) is 147 Å². The molecule has 3 N–H and O–H groups in total. The molecule has 0 unspecified atom stereocenters. The Morgan fingerprint density at radius 1 is 1.16 bits per heavy atom. The van der Waals surface area contributed by atoms with E-state index in [1.807, 2.05) is 25.1 Å². The van der Waals surface area contributed by atoms with E-state index < -0.39 is 26.8 Å². The Hall–Kier alpha value is -3.45. The van der Waals surface area contributed by atoms with Gasteiger partial charge in [0.25, 0.3) is 5.91 Å². The number of aryl methyl sites for hydroxylation is 2. The number of hydrogen-bond donors (Lipinski definition) is 3. The summed E-state index contributed by atoms with van der Waals surface area (Å²) in [6, 6.07) is 11.2. The summed E-state index contributed by atoms with van der Waals surface area (Å²) in [6.07, 6.45) is 8.29. The van der Waals surface area contributed by atoms with Crippen LogP contribution in [0.1, 0.15) is 79.1 Å². The molecule has 0 saturated heterocycles. The third kappa shape index (κ3) is 6.04. The van der Waals surface area contributed by atoms with Crippen LogP contribution in [0.15, 0.2) is 48.6 Å². The molecule has 11 nitrogen and oxygen atoms in total. The third-order valence-electron chi connectivity index (χ3n) is 11.4. The third-order valence-corrected chi connectivity index (χ3v) is 13.6. The predicted molar refractivity (Wildman–Crippen MR) is 186 cm³/mol. The number of ether oxygens (including phenoxy) is 1. The number of allylic oxidation sites excluding steroid dienone is 1. The smallest absolute Gasteiger partial charge is 0.264 e. The summed E-state index contributed by atoms with van der Waals surface area (Å²) in [5.74, 6) is -0.0941. The zero-order valence-corrected chi connectivity index (χ0v) is 29.7. The van der Waals surface area contributed by atoms with Crippen molar-refractivity contribution in [1.82, 2.24) is 19.5 Å². The number of benzene rings is 2. The summed E-state index contributed by atoms with van der Waals surface area (Å²) in [5.41, 5.74) is 1.47. The van der Waals surface area contributed by atoms with Gasteiger partial charge < -0.3 is 19.8 Å². The highest BCUT2D eigenvalue weighted by Gasteiger charge is 2.51. The molecule has 262 valence electrons. The monoisotopic (exact) mass is 709 g/mol. The lowest BCUT2D eigenvalue weighted by molar-refractivity contribution is -0.0583. The maximum absolute atomic E-state index is 13.5. The van der Waals surface area contributed by atoms with Crippen molar-refractivity contribution in [2.75, 3.05) is 24.6 Å². The normalized spacial score (nSPS) is 31.8. The number of hydrogen-bond acceptors (Lipinski definition) is 9. The number of halogens is 1. The number of nitrogens with one attached hydrogen (secondary N) is 1. The Bertz CT molecular complexity index is 1910. The van der Waals surface area contributed by atoms with Crippen LogP contribution in [0.4, 0.5) is 5.69 Å². The molecule has 2 aromatic carbocycles. The number of nitrogens with zero attached hydrogens (tertiary/aromatic N) is 4. The largest absolute Gasteiger partial charge is 0.490 e. The number of rotatable bonds is 2. The first-order valence-corrected chi connectivity index (χ1v) is 19.0. The van der Waals surface area contributed by atoms with E-state index in [0.717, 1.165) is 32.1 Å². The highest BCUT2D eigenvalue weighted by molar-refractivity contribution is 7.90. The Balaban J connectivity index is 1.36. The van der Waals surface area contributed by atoms with E-state index in [-0.39, 0.29) is 41.2 Å². The van der Waals surface area contributed by atoms with Gasteiger partial charge in [-0.1, -0.05) is 30.7 Å². The van der Waals surface area contributed by atoms with Gasteiger partial charge in [0.15, 0.2) is 11.6 Å². The van der Waals surface area contributed by atoms with Crippen LogP contribution < -0.4 is 14.4 Å². The van der Waals surface area contributed by atoms with Gasteiger partial charge in [0.2, 0.25) is 10.0 Å². The van der Waals surface area contributed by atoms with Gasteiger partial charge in [-0.15, -0.1) is 0 Å². The molecule has 13 heteroatoms. The molecule has 1 amide bonds. The first-order chi connectivity index (χ1) is 23.3. The van der Waals surface area contributed by atoms with Crippen LogP contribution in [-0.2, 0) is 41.1 Å². The van der Waals surface area contributed by atoms with Crippen molar-refractivity contribution in [1.29, 1.82) is 0 Å². The van der Waals surface area contributed by atoms with Crippen LogP contribution >= 0.6 is 11.6 Å². The fourth-order valence-corrected chi connectivity index (χ4v) is 9.84. The molecule has 2 bridgehead atoms. The molecule has 3 aromatic rings. The van der Waals surface area contributed by atoms with Crippen LogP contribution in [0, 0.1) is 17.8 Å². The van der Waals surface area contributed by atoms with Crippen molar-refractivity contribution < 1.29 is 28.2 Å². The van der Waals surface area contributed by atoms with Crippen LogP contribution in [0.3, 0.4) is 0 Å². The Kier molecular flexibility index (Phi) is 8.82. The second kappa shape index (κ2) is 12.7. The van der Waals surface area contributed by atoms with E-state index >= 15 is 0 Å². The van der Waals surface area contributed by atoms with Gasteiger partial charge in [-0.3, -0.25) is 4.79 Å². The Morgan fingerprint density at radius 3 is 2.71 bits per heavy atom. The first-order valence-electron chi connectivity index (χ1n) is 17.1. The summed E-state index contributed by atoms with van der Waals surface area (Å²) in [7, 11) is -2.33. The number of sulfonamides is 1. The maximum Gasteiger partial charge on any atom is 0.264 e. The van der Waals surface area contributed by atoms with Crippen LogP contribution in [-0.4, -0.2) is 64.2 Å². The Labute approximate surface area is 292 Å². The zero-order valence-electron chi connectivity index (χ0n) is 28.1. The highest BCUT2D eigenvalue weighted by atomic mass is 35.5. The van der Waals surface area contributed by atoms with Crippen molar-refractivity contribution in [2.45, 2.75) is 75.2 Å². The Morgan fingerprint density at radius 2 is 1.98 bits per heavy atom. The summed E-state index contributed by atoms with van der Waals surface area (Å²) >= 11 is 6.44. The molecule has 4 aliphatic rings. The van der Waals surface area contributed by atoms with Crippen molar-refractivity contribution in [2.24, 2.45) is 24.8 Å². The SMILES string of the molecule is C[C@@H]1[C@@H](C)C/C=C\[C@](O)(c2nc(CO)nn2C)[C@@H]2CC[C@H]2CN2C[C@@]3(CCCc4cc(Cl)ccc43)COc3ccc(cc32)C(=O)NS1(=O)=O. The minimum Gasteiger partial charge on any atom is -0.490 e. The quantitative estimate of drug-likeness (QED) is 0.330. The zero-order chi connectivity index (χ0) is 34.7. The summed E-state index contributed by atoms with van der Waals surface area (Å²) in [6.45, 7) is 4.63. The van der Waals surface area contributed by atoms with E-state index in [1.54, 1.807) is 38.2 Å². The van der Waals surface area contributed by atoms with E-state index in [2.05, 4.69) is 25.8 Å². The van der Waals surface area contributed by atoms with E-state index in [0.29, 0.717) is 48.4 Å². The number of anilines is 1. The first kappa shape index (κ1) is 34.0. The maximum atomic E-state index is 13.5.